The SMILES string of the molecule is O=C(c1cnc2c(c1)ncn2CCc1ccccc1)N1CCN(c2ncn[nH]2)CC1. The Labute approximate surface area is 173 Å². The summed E-state index contributed by atoms with van der Waals surface area (Å²) >= 11 is 0. The number of aryl methyl sites for hydroxylation is 2. The molecule has 5 rings (SSSR count). The van der Waals surface area contributed by atoms with Gasteiger partial charge in [0, 0.05) is 38.9 Å². The molecule has 152 valence electrons. The van der Waals surface area contributed by atoms with Gasteiger partial charge in [-0.3, -0.25) is 4.79 Å². The third-order valence-electron chi connectivity index (χ3n) is 5.46. The number of carbonyl (C=O) groups excluding carboxylic acids is 1. The second-order valence-electron chi connectivity index (χ2n) is 7.33. The van der Waals surface area contributed by atoms with E-state index in [-0.39, 0.29) is 5.91 Å². The van der Waals surface area contributed by atoms with Crippen molar-refractivity contribution in [2.75, 3.05) is 31.1 Å². The van der Waals surface area contributed by atoms with Crippen molar-refractivity contribution in [2.45, 2.75) is 13.0 Å². The van der Waals surface area contributed by atoms with Gasteiger partial charge in [-0.1, -0.05) is 30.3 Å². The van der Waals surface area contributed by atoms with Gasteiger partial charge in [0.15, 0.2) is 5.65 Å². The van der Waals surface area contributed by atoms with E-state index in [9.17, 15) is 4.79 Å². The summed E-state index contributed by atoms with van der Waals surface area (Å²) in [6, 6.07) is 12.2. The van der Waals surface area contributed by atoms with Crippen molar-refractivity contribution in [1.82, 2.24) is 34.6 Å². The molecule has 30 heavy (non-hydrogen) atoms. The van der Waals surface area contributed by atoms with E-state index in [1.807, 2.05) is 33.7 Å². The number of imidazole rings is 1. The van der Waals surface area contributed by atoms with Crippen LogP contribution in [0.25, 0.3) is 11.2 Å². The zero-order chi connectivity index (χ0) is 20.3. The third kappa shape index (κ3) is 3.61. The van der Waals surface area contributed by atoms with Gasteiger partial charge < -0.3 is 14.4 Å². The van der Waals surface area contributed by atoms with Crippen molar-refractivity contribution in [3.05, 3.63) is 66.4 Å². The van der Waals surface area contributed by atoms with Crippen LogP contribution in [0.4, 0.5) is 5.95 Å². The van der Waals surface area contributed by atoms with E-state index in [1.54, 1.807) is 12.5 Å². The Bertz CT molecular complexity index is 1130. The lowest BCUT2D eigenvalue weighted by atomic mass is 10.1. The largest absolute Gasteiger partial charge is 0.338 e. The molecule has 9 nitrogen and oxygen atoms in total. The number of H-pyrrole nitrogens is 1. The molecule has 9 heteroatoms. The van der Waals surface area contributed by atoms with Crippen LogP contribution in [-0.4, -0.2) is 66.7 Å². The lowest BCUT2D eigenvalue weighted by molar-refractivity contribution is 0.0746. The summed E-state index contributed by atoms with van der Waals surface area (Å²) in [5.41, 5.74) is 3.39. The fraction of sp³-hybridized carbons (Fsp3) is 0.286. The molecule has 0 radical (unpaired) electrons. The molecule has 1 fully saturated rings. The monoisotopic (exact) mass is 402 g/mol. The lowest BCUT2D eigenvalue weighted by Crippen LogP contribution is -2.49. The van der Waals surface area contributed by atoms with E-state index in [0.717, 1.165) is 30.1 Å². The molecule has 1 saturated heterocycles. The van der Waals surface area contributed by atoms with Gasteiger partial charge >= 0.3 is 0 Å². The molecule has 1 aromatic carbocycles. The van der Waals surface area contributed by atoms with Crippen LogP contribution in [0.5, 0.6) is 0 Å². The Kier molecular flexibility index (Phi) is 4.84. The molecule has 0 spiro atoms. The molecule has 1 aliphatic rings. The Morgan fingerprint density at radius 1 is 1.03 bits per heavy atom. The molecule has 0 aliphatic carbocycles. The van der Waals surface area contributed by atoms with Crippen molar-refractivity contribution in [3.8, 4) is 0 Å². The number of anilines is 1. The topological polar surface area (TPSA) is 95.8 Å². The number of aromatic nitrogens is 6. The summed E-state index contributed by atoms with van der Waals surface area (Å²) < 4.78 is 2.03. The van der Waals surface area contributed by atoms with Crippen molar-refractivity contribution in [2.24, 2.45) is 0 Å². The molecular weight excluding hydrogens is 380 g/mol. The molecule has 4 heterocycles. The standard InChI is InChI=1S/C21H22N8O/c30-20(27-8-10-28(11-9-27)21-23-14-25-26-21)17-12-18-19(22-13-17)29(15-24-18)7-6-16-4-2-1-3-5-16/h1-5,12-15H,6-11H2,(H,23,25,26). The third-order valence-corrected chi connectivity index (χ3v) is 5.46. The van der Waals surface area contributed by atoms with Gasteiger partial charge in [-0.15, -0.1) is 0 Å². The second kappa shape index (κ2) is 7.94. The molecule has 1 aliphatic heterocycles. The average Bonchev–Trinajstić information content (AvgIpc) is 3.48. The highest BCUT2D eigenvalue weighted by atomic mass is 16.2. The van der Waals surface area contributed by atoms with Crippen molar-refractivity contribution in [1.29, 1.82) is 0 Å². The summed E-state index contributed by atoms with van der Waals surface area (Å²) in [6.07, 6.45) is 5.86. The number of aromatic amines is 1. The highest BCUT2D eigenvalue weighted by Crippen LogP contribution is 2.16. The Morgan fingerprint density at radius 3 is 2.63 bits per heavy atom. The summed E-state index contributed by atoms with van der Waals surface area (Å²) in [5, 5.41) is 6.75. The van der Waals surface area contributed by atoms with Crippen LogP contribution in [-0.2, 0) is 13.0 Å². The molecule has 1 amide bonds. The maximum atomic E-state index is 13.0. The van der Waals surface area contributed by atoms with E-state index in [4.69, 9.17) is 0 Å². The van der Waals surface area contributed by atoms with Gasteiger partial charge in [-0.25, -0.2) is 15.1 Å². The van der Waals surface area contributed by atoms with Crippen molar-refractivity contribution >= 4 is 23.0 Å². The Morgan fingerprint density at radius 2 is 1.87 bits per heavy atom. The molecule has 1 N–H and O–H groups in total. The number of benzene rings is 1. The predicted octanol–water partition coefficient (Wildman–Crippen LogP) is 1.75. The average molecular weight is 402 g/mol. The van der Waals surface area contributed by atoms with Crippen molar-refractivity contribution in [3.63, 3.8) is 0 Å². The highest BCUT2D eigenvalue weighted by Gasteiger charge is 2.24. The number of hydrogen-bond acceptors (Lipinski definition) is 6. The number of carbonyl (C=O) groups is 1. The molecule has 3 aromatic heterocycles. The highest BCUT2D eigenvalue weighted by molar-refractivity contribution is 5.96. The molecular formula is C21H22N8O. The van der Waals surface area contributed by atoms with Gasteiger partial charge in [0.1, 0.15) is 11.8 Å². The smallest absolute Gasteiger partial charge is 0.255 e. The number of piperazine rings is 1. The maximum absolute atomic E-state index is 13.0. The number of pyridine rings is 1. The number of nitrogens with zero attached hydrogens (tertiary/aromatic N) is 7. The normalized spacial score (nSPS) is 14.4. The molecule has 0 unspecified atom stereocenters. The number of nitrogens with one attached hydrogen (secondary N) is 1. The van der Waals surface area contributed by atoms with E-state index in [2.05, 4.69) is 42.2 Å². The van der Waals surface area contributed by atoms with Crippen LogP contribution in [0.3, 0.4) is 0 Å². The summed E-state index contributed by atoms with van der Waals surface area (Å²) in [7, 11) is 0. The van der Waals surface area contributed by atoms with Crippen LogP contribution in [0.15, 0.2) is 55.2 Å². The zero-order valence-electron chi connectivity index (χ0n) is 16.5. The first kappa shape index (κ1) is 18.3. The summed E-state index contributed by atoms with van der Waals surface area (Å²) in [5.74, 6) is 0.728. The Hall–Kier alpha value is -3.75. The van der Waals surface area contributed by atoms with E-state index < -0.39 is 0 Å². The van der Waals surface area contributed by atoms with Crippen LogP contribution in [0, 0.1) is 0 Å². The van der Waals surface area contributed by atoms with Crippen LogP contribution in [0.2, 0.25) is 0 Å². The van der Waals surface area contributed by atoms with Gasteiger partial charge in [0.05, 0.1) is 11.9 Å². The molecule has 0 bridgehead atoms. The first-order valence-corrected chi connectivity index (χ1v) is 10.0. The summed E-state index contributed by atoms with van der Waals surface area (Å²) in [6.45, 7) is 3.48. The molecule has 0 saturated carbocycles. The van der Waals surface area contributed by atoms with Crippen LogP contribution in [0.1, 0.15) is 15.9 Å². The first-order chi connectivity index (χ1) is 14.8. The van der Waals surface area contributed by atoms with Crippen LogP contribution >= 0.6 is 0 Å². The van der Waals surface area contributed by atoms with Gasteiger partial charge in [-0.05, 0) is 18.1 Å². The zero-order valence-corrected chi connectivity index (χ0v) is 16.5. The van der Waals surface area contributed by atoms with Gasteiger partial charge in [-0.2, -0.15) is 10.1 Å². The van der Waals surface area contributed by atoms with Gasteiger partial charge in [0.2, 0.25) is 5.95 Å². The summed E-state index contributed by atoms with van der Waals surface area (Å²) in [4.78, 5) is 30.1. The molecule has 4 aromatic rings. The van der Waals surface area contributed by atoms with E-state index >= 15 is 0 Å². The number of fused-ring (bicyclic) bond motifs is 1. The van der Waals surface area contributed by atoms with Gasteiger partial charge in [0.25, 0.3) is 5.91 Å². The lowest BCUT2D eigenvalue weighted by Gasteiger charge is -2.34. The quantitative estimate of drug-likeness (QED) is 0.546. The Balaban J connectivity index is 1.25. The predicted molar refractivity (Wildman–Crippen MR) is 112 cm³/mol. The fourth-order valence-electron chi connectivity index (χ4n) is 3.78. The van der Waals surface area contributed by atoms with Crippen molar-refractivity contribution < 1.29 is 4.79 Å². The minimum Gasteiger partial charge on any atom is -0.338 e. The van der Waals surface area contributed by atoms with E-state index in [0.29, 0.717) is 31.7 Å². The number of rotatable bonds is 5. The minimum absolute atomic E-state index is 0.0135. The second-order valence-corrected chi connectivity index (χ2v) is 7.33. The number of hydrogen-bond donors (Lipinski definition) is 1. The first-order valence-electron chi connectivity index (χ1n) is 10.0. The molecule has 0 atom stereocenters. The number of amides is 1. The van der Waals surface area contributed by atoms with E-state index in [1.165, 1.54) is 11.9 Å². The van der Waals surface area contributed by atoms with Crippen LogP contribution < -0.4 is 4.90 Å². The minimum atomic E-state index is -0.0135. The fourth-order valence-corrected chi connectivity index (χ4v) is 3.78. The maximum Gasteiger partial charge on any atom is 0.255 e.